The van der Waals surface area contributed by atoms with Crippen LogP contribution in [-0.4, -0.2) is 29.2 Å². The van der Waals surface area contributed by atoms with Crippen LogP contribution in [-0.2, 0) is 0 Å². The first-order chi connectivity index (χ1) is 10.2. The Bertz CT molecular complexity index is 697. The fourth-order valence-electron chi connectivity index (χ4n) is 1.52. The first kappa shape index (κ1) is 16.6. The molecule has 0 saturated carbocycles. The molecule has 0 aliphatic heterocycles. The lowest BCUT2D eigenvalue weighted by atomic mass is 9.97. The minimum Gasteiger partial charge on any atom is -0.321 e. The van der Waals surface area contributed by atoms with E-state index < -0.39 is 11.4 Å². The number of anilines is 1. The fourth-order valence-corrected chi connectivity index (χ4v) is 2.10. The number of aromatic nitrogens is 2. The summed E-state index contributed by atoms with van der Waals surface area (Å²) in [6.45, 7) is 0. The van der Waals surface area contributed by atoms with Gasteiger partial charge in [-0.2, -0.15) is 13.2 Å². The van der Waals surface area contributed by atoms with Crippen molar-refractivity contribution in [3.63, 3.8) is 0 Å². The number of halogens is 4. The van der Waals surface area contributed by atoms with Gasteiger partial charge in [0, 0.05) is 18.0 Å². The van der Waals surface area contributed by atoms with Gasteiger partial charge in [-0.3, -0.25) is 4.79 Å². The quantitative estimate of drug-likeness (QED) is 0.527. The van der Waals surface area contributed by atoms with Crippen LogP contribution >= 0.6 is 23.4 Å². The second-order valence-corrected chi connectivity index (χ2v) is 5.66. The van der Waals surface area contributed by atoms with Crippen molar-refractivity contribution in [2.75, 3.05) is 5.32 Å². The van der Waals surface area contributed by atoms with Gasteiger partial charge >= 0.3 is 5.51 Å². The molecule has 0 bridgehead atoms. The third kappa shape index (κ3) is 4.64. The first-order valence-corrected chi connectivity index (χ1v) is 7.09. The van der Waals surface area contributed by atoms with Crippen LogP contribution in [0.2, 0.25) is 5.15 Å². The Hall–Kier alpha value is -1.74. The minimum atomic E-state index is -4.40. The molecule has 0 unspecified atom stereocenters. The van der Waals surface area contributed by atoms with Crippen LogP contribution in [0.25, 0.3) is 0 Å². The lowest BCUT2D eigenvalue weighted by Crippen LogP contribution is -2.16. The zero-order valence-electron chi connectivity index (χ0n) is 11.1. The molecule has 1 N–H and O–H groups in total. The molecule has 0 atom stereocenters. The number of carbonyl (C=O) groups excluding carboxylic acids is 1. The van der Waals surface area contributed by atoms with Gasteiger partial charge in [-0.25, -0.2) is 9.97 Å². The van der Waals surface area contributed by atoms with Crippen LogP contribution in [0.1, 0.15) is 10.4 Å². The fraction of sp³-hybridized carbons (Fsp3) is 0.0833. The highest BCUT2D eigenvalue weighted by Crippen LogP contribution is 2.35. The lowest BCUT2D eigenvalue weighted by Gasteiger charge is -2.08. The Kier molecular flexibility index (Phi) is 4.97. The molecule has 114 valence electrons. The molecule has 0 fully saturated rings. The summed E-state index contributed by atoms with van der Waals surface area (Å²) < 4.78 is 36.5. The number of alkyl halides is 3. The highest BCUT2D eigenvalue weighted by Gasteiger charge is 2.29. The van der Waals surface area contributed by atoms with Crippen LogP contribution < -0.4 is 10.8 Å². The van der Waals surface area contributed by atoms with Gasteiger partial charge in [-0.15, -0.1) is 0 Å². The molecule has 4 nitrogen and oxygen atoms in total. The molecule has 0 radical (unpaired) electrons. The summed E-state index contributed by atoms with van der Waals surface area (Å²) >= 11 is 5.45. The van der Waals surface area contributed by atoms with Gasteiger partial charge in [-0.05, 0) is 12.1 Å². The van der Waals surface area contributed by atoms with Crippen LogP contribution in [0.5, 0.6) is 0 Å². The summed E-state index contributed by atoms with van der Waals surface area (Å²) in [7, 11) is 1.71. The highest BCUT2D eigenvalue weighted by atomic mass is 35.5. The van der Waals surface area contributed by atoms with Gasteiger partial charge in [-0.1, -0.05) is 23.1 Å². The SMILES string of the molecule is Bc1cc(C(=O)Nc2ccc(SC(F)(F)F)nc2)cnc1Cl. The lowest BCUT2D eigenvalue weighted by molar-refractivity contribution is -0.0329. The Labute approximate surface area is 133 Å². The van der Waals surface area contributed by atoms with E-state index in [2.05, 4.69) is 15.3 Å². The summed E-state index contributed by atoms with van der Waals surface area (Å²) in [5.74, 6) is -0.453. The highest BCUT2D eigenvalue weighted by molar-refractivity contribution is 8.00. The minimum absolute atomic E-state index is 0.200. The summed E-state index contributed by atoms with van der Waals surface area (Å²) in [5.41, 5.74) is -3.19. The number of carbonyl (C=O) groups is 1. The number of rotatable bonds is 3. The van der Waals surface area contributed by atoms with Crippen LogP contribution in [0, 0.1) is 0 Å². The topological polar surface area (TPSA) is 54.9 Å². The van der Waals surface area contributed by atoms with Crippen molar-refractivity contribution in [1.82, 2.24) is 9.97 Å². The van der Waals surface area contributed by atoms with Crippen molar-refractivity contribution in [2.45, 2.75) is 10.5 Å². The van der Waals surface area contributed by atoms with Crippen molar-refractivity contribution < 1.29 is 18.0 Å². The molecule has 2 rings (SSSR count). The Morgan fingerprint density at radius 1 is 1.27 bits per heavy atom. The van der Waals surface area contributed by atoms with Gasteiger partial charge in [0.05, 0.1) is 17.4 Å². The molecule has 0 saturated heterocycles. The van der Waals surface area contributed by atoms with E-state index in [9.17, 15) is 18.0 Å². The third-order valence-corrected chi connectivity index (χ3v) is 3.57. The van der Waals surface area contributed by atoms with Gasteiger partial charge in [0.1, 0.15) is 18.0 Å². The molecule has 2 heterocycles. The van der Waals surface area contributed by atoms with E-state index in [1.54, 1.807) is 13.9 Å². The molecular formula is C12H8BClF3N3OS. The summed E-state index contributed by atoms with van der Waals surface area (Å²) in [4.78, 5) is 19.5. The first-order valence-electron chi connectivity index (χ1n) is 5.90. The second-order valence-electron chi connectivity index (χ2n) is 4.22. The smallest absolute Gasteiger partial charge is 0.321 e. The van der Waals surface area contributed by atoms with E-state index in [0.29, 0.717) is 10.6 Å². The van der Waals surface area contributed by atoms with E-state index in [0.717, 1.165) is 6.20 Å². The van der Waals surface area contributed by atoms with Crippen LogP contribution in [0.3, 0.4) is 0 Å². The molecule has 22 heavy (non-hydrogen) atoms. The number of amides is 1. The number of hydrogen-bond donors (Lipinski definition) is 1. The maximum Gasteiger partial charge on any atom is 0.447 e. The number of hydrogen-bond acceptors (Lipinski definition) is 4. The second kappa shape index (κ2) is 6.57. The largest absolute Gasteiger partial charge is 0.447 e. The Balaban J connectivity index is 2.07. The average molecular weight is 346 g/mol. The number of nitrogens with zero attached hydrogens (tertiary/aromatic N) is 2. The summed E-state index contributed by atoms with van der Waals surface area (Å²) in [6.07, 6.45) is 2.47. The van der Waals surface area contributed by atoms with E-state index in [1.165, 1.54) is 18.3 Å². The third-order valence-electron chi connectivity index (χ3n) is 2.49. The van der Waals surface area contributed by atoms with Crippen molar-refractivity contribution in [1.29, 1.82) is 0 Å². The predicted molar refractivity (Wildman–Crippen MR) is 81.5 cm³/mol. The zero-order chi connectivity index (χ0) is 16.3. The van der Waals surface area contributed by atoms with Crippen molar-refractivity contribution in [3.05, 3.63) is 41.3 Å². The van der Waals surface area contributed by atoms with Gasteiger partial charge in [0.25, 0.3) is 5.91 Å². The maximum atomic E-state index is 12.2. The molecule has 0 aliphatic carbocycles. The number of nitrogens with one attached hydrogen (secondary N) is 1. The van der Waals surface area contributed by atoms with E-state index in [4.69, 9.17) is 11.6 Å². The average Bonchev–Trinajstić information content (AvgIpc) is 2.42. The molecule has 0 spiro atoms. The summed E-state index contributed by atoms with van der Waals surface area (Å²) in [5, 5.41) is 2.62. The molecule has 1 amide bonds. The van der Waals surface area contributed by atoms with E-state index >= 15 is 0 Å². The Morgan fingerprint density at radius 2 is 2.00 bits per heavy atom. The van der Waals surface area contributed by atoms with E-state index in [1.807, 2.05) is 0 Å². The molecule has 0 aliphatic rings. The van der Waals surface area contributed by atoms with Gasteiger partial charge in [0.2, 0.25) is 0 Å². The zero-order valence-corrected chi connectivity index (χ0v) is 12.7. The van der Waals surface area contributed by atoms with Crippen LogP contribution in [0.15, 0.2) is 35.6 Å². The standard InChI is InChI=1S/C12H8BClF3N3OS/c13-8-3-6(4-19-10(8)14)11(21)20-7-1-2-9(18-5-7)22-12(15,16)17/h1-5H,13H2,(H,20,21). The monoisotopic (exact) mass is 345 g/mol. The molecule has 2 aromatic rings. The Morgan fingerprint density at radius 3 is 2.55 bits per heavy atom. The van der Waals surface area contributed by atoms with Gasteiger partial charge < -0.3 is 5.32 Å². The van der Waals surface area contributed by atoms with Crippen molar-refractivity contribution in [3.8, 4) is 0 Å². The normalized spacial score (nSPS) is 11.3. The predicted octanol–water partition coefficient (Wildman–Crippen LogP) is 2.25. The number of thioether (sulfide) groups is 1. The molecule has 10 heteroatoms. The van der Waals surface area contributed by atoms with Crippen molar-refractivity contribution >= 4 is 48.3 Å². The summed E-state index contributed by atoms with van der Waals surface area (Å²) in [6, 6.07) is 4.08. The molecular weight excluding hydrogens is 337 g/mol. The molecule has 0 aromatic carbocycles. The number of pyridine rings is 2. The molecule has 2 aromatic heterocycles. The maximum absolute atomic E-state index is 12.2. The van der Waals surface area contributed by atoms with Crippen LogP contribution in [0.4, 0.5) is 18.9 Å². The van der Waals surface area contributed by atoms with Gasteiger partial charge in [0.15, 0.2) is 0 Å². The van der Waals surface area contributed by atoms with E-state index in [-0.39, 0.29) is 28.0 Å². The van der Waals surface area contributed by atoms with Crippen molar-refractivity contribution in [2.24, 2.45) is 0 Å².